The molecule has 1 radical (unpaired) electrons. The van der Waals surface area contributed by atoms with Gasteiger partial charge in [0, 0.05) is 0 Å². The van der Waals surface area contributed by atoms with E-state index >= 15 is 0 Å². The molecule has 0 aromatic heterocycles. The Hall–Kier alpha value is 0.566. The summed E-state index contributed by atoms with van der Waals surface area (Å²) in [5, 5.41) is 0. The van der Waals surface area contributed by atoms with E-state index in [-0.39, 0.29) is 22.1 Å². The van der Waals surface area contributed by atoms with Crippen molar-refractivity contribution in [3.63, 3.8) is 0 Å². The predicted octanol–water partition coefficient (Wildman–Crippen LogP) is 11.1. The molecule has 0 aromatic rings. The van der Waals surface area contributed by atoms with Gasteiger partial charge in [-0.15, -0.1) is 0 Å². The van der Waals surface area contributed by atoms with Crippen molar-refractivity contribution < 1.29 is 4.70 Å². The number of unbranched alkanes of at least 4 members (excludes halogenated alkanes) is 22. The van der Waals surface area contributed by atoms with Crippen LogP contribution in [0.1, 0.15) is 168 Å². The average molecular weight is 485 g/mol. The fraction of sp³-hybridized carbons (Fsp3) is 1.00. The first kappa shape index (κ1) is 32.7. The zero-order chi connectivity index (χ0) is 21.1. The molecule has 0 saturated heterocycles. The fourth-order valence-corrected chi connectivity index (χ4v) is 7.43. The summed E-state index contributed by atoms with van der Waals surface area (Å²) in [5.74, 6) is 0. The Morgan fingerprint density at radius 3 is 0.733 bits per heavy atom. The van der Waals surface area contributed by atoms with Crippen LogP contribution in [0.15, 0.2) is 0 Å². The first-order valence-corrected chi connectivity index (χ1v) is 17.7. The molecular weight excluding hydrogens is 425 g/mol. The van der Waals surface area contributed by atoms with E-state index in [4.69, 9.17) is 0 Å². The van der Waals surface area contributed by atoms with Gasteiger partial charge in [0.15, 0.2) is 0 Å². The molecule has 0 amide bonds. The summed E-state index contributed by atoms with van der Waals surface area (Å²) in [6.07, 6.45) is 35.8. The van der Waals surface area contributed by atoms with Crippen LogP contribution in [0.5, 0.6) is 0 Å². The monoisotopic (exact) mass is 483 g/mol. The topological polar surface area (TPSA) is 0 Å². The Bertz CT molecular complexity index is 243. The maximum absolute atomic E-state index is 2.31. The van der Waals surface area contributed by atoms with Crippen LogP contribution in [0.3, 0.4) is 0 Å². The predicted molar refractivity (Wildman–Crippen MR) is 140 cm³/mol. The summed E-state index contributed by atoms with van der Waals surface area (Å²) in [5.41, 5.74) is 0. The molecule has 0 aliphatic heterocycles. The van der Waals surface area contributed by atoms with Gasteiger partial charge in [-0.25, -0.2) is 0 Å². The number of hydrogen-bond acceptors (Lipinski definition) is 0. The number of halogens is 1. The van der Waals surface area contributed by atoms with Gasteiger partial charge >= 0.3 is 169 Å². The molecule has 0 bridgehead atoms. The normalized spacial score (nSPS) is 10.9. The second-order valence-electron chi connectivity index (χ2n) is 9.64. The minimum Gasteiger partial charge on any atom is -0.269 e. The SMILES string of the molecule is CCCCCCCCCCCCC[CH2][Ga][CH2]CCCCCCCCCCCCC.F. The summed E-state index contributed by atoms with van der Waals surface area (Å²) in [7, 11) is 0. The zero-order valence-electron chi connectivity index (χ0n) is 21.4. The van der Waals surface area contributed by atoms with Crippen LogP contribution >= 0.6 is 0 Å². The van der Waals surface area contributed by atoms with E-state index in [1.807, 2.05) is 0 Å². The third-order valence-electron chi connectivity index (χ3n) is 6.52. The van der Waals surface area contributed by atoms with Gasteiger partial charge in [0.1, 0.15) is 0 Å². The summed E-state index contributed by atoms with van der Waals surface area (Å²) >= 11 is 0.145. The molecule has 0 saturated carbocycles. The molecular formula is C28H59FGa. The summed E-state index contributed by atoms with van der Waals surface area (Å²) in [6, 6.07) is 0. The minimum absolute atomic E-state index is 0. The molecule has 181 valence electrons. The van der Waals surface area contributed by atoms with Crippen molar-refractivity contribution in [3.05, 3.63) is 0 Å². The van der Waals surface area contributed by atoms with Crippen LogP contribution in [0.25, 0.3) is 0 Å². The van der Waals surface area contributed by atoms with Crippen LogP contribution < -0.4 is 0 Å². The van der Waals surface area contributed by atoms with Gasteiger partial charge in [-0.2, -0.15) is 0 Å². The van der Waals surface area contributed by atoms with Gasteiger partial charge in [-0.3, -0.25) is 4.70 Å². The van der Waals surface area contributed by atoms with Gasteiger partial charge in [-0.05, 0) is 0 Å². The Morgan fingerprint density at radius 2 is 0.500 bits per heavy atom. The Balaban J connectivity index is 0. The molecule has 0 fully saturated rings. The van der Waals surface area contributed by atoms with Gasteiger partial charge in [0.25, 0.3) is 0 Å². The molecule has 0 rings (SSSR count). The Morgan fingerprint density at radius 1 is 0.300 bits per heavy atom. The molecule has 0 N–H and O–H groups in total. The molecule has 0 spiro atoms. The first-order chi connectivity index (χ1) is 14.4. The summed E-state index contributed by atoms with van der Waals surface area (Å²) in [4.78, 5) is 3.30. The molecule has 0 unspecified atom stereocenters. The number of rotatable bonds is 26. The minimum atomic E-state index is 0. The third kappa shape index (κ3) is 30.8. The van der Waals surface area contributed by atoms with Crippen molar-refractivity contribution >= 4 is 17.4 Å². The maximum atomic E-state index is 2.31. The summed E-state index contributed by atoms with van der Waals surface area (Å²) < 4.78 is 0. The molecule has 0 atom stereocenters. The van der Waals surface area contributed by atoms with Gasteiger partial charge in [0.05, 0.1) is 0 Å². The van der Waals surface area contributed by atoms with Gasteiger partial charge in [-0.1, -0.05) is 26.7 Å². The second kappa shape index (κ2) is 31.8. The smallest absolute Gasteiger partial charge is 0.269 e. The molecule has 0 nitrogen and oxygen atoms in total. The van der Waals surface area contributed by atoms with Crippen LogP contribution in [0, 0.1) is 0 Å². The van der Waals surface area contributed by atoms with Crippen LogP contribution in [0.2, 0.25) is 9.95 Å². The van der Waals surface area contributed by atoms with Crippen molar-refractivity contribution in [2.75, 3.05) is 0 Å². The quantitative estimate of drug-likeness (QED) is 0.0846. The molecule has 0 aliphatic rings. The summed E-state index contributed by atoms with van der Waals surface area (Å²) in [6.45, 7) is 4.62. The van der Waals surface area contributed by atoms with E-state index < -0.39 is 0 Å². The zero-order valence-corrected chi connectivity index (χ0v) is 23.8. The van der Waals surface area contributed by atoms with E-state index in [1.165, 1.54) is 141 Å². The van der Waals surface area contributed by atoms with Crippen LogP contribution in [0.4, 0.5) is 4.70 Å². The van der Waals surface area contributed by atoms with Crippen molar-refractivity contribution in [1.82, 2.24) is 0 Å². The van der Waals surface area contributed by atoms with E-state index in [1.54, 1.807) is 22.8 Å². The standard InChI is InChI=1S/2C14H29.FH.Ga/c2*1-3-5-7-9-11-13-14-12-10-8-6-4-2;;/h2*1,3-14H2,2H3;1H;. The van der Waals surface area contributed by atoms with Crippen molar-refractivity contribution in [3.8, 4) is 0 Å². The first-order valence-electron chi connectivity index (χ1n) is 14.2. The average Bonchev–Trinajstić information content (AvgIpc) is 2.74. The Labute approximate surface area is 199 Å². The number of hydrogen-bond donors (Lipinski definition) is 0. The molecule has 30 heavy (non-hydrogen) atoms. The Kier molecular flexibility index (Phi) is 34.7. The molecule has 0 heterocycles. The van der Waals surface area contributed by atoms with E-state index in [2.05, 4.69) is 13.8 Å². The van der Waals surface area contributed by atoms with Gasteiger partial charge < -0.3 is 0 Å². The van der Waals surface area contributed by atoms with Crippen molar-refractivity contribution in [2.45, 2.75) is 178 Å². The van der Waals surface area contributed by atoms with Gasteiger partial charge in [0.2, 0.25) is 0 Å². The van der Waals surface area contributed by atoms with E-state index in [0.717, 1.165) is 0 Å². The van der Waals surface area contributed by atoms with E-state index in [9.17, 15) is 0 Å². The van der Waals surface area contributed by atoms with E-state index in [0.29, 0.717) is 0 Å². The van der Waals surface area contributed by atoms with Crippen molar-refractivity contribution in [1.29, 1.82) is 0 Å². The molecule has 0 aromatic carbocycles. The second-order valence-corrected chi connectivity index (χ2v) is 13.3. The molecule has 2 heteroatoms. The van der Waals surface area contributed by atoms with Crippen LogP contribution in [-0.4, -0.2) is 17.4 Å². The van der Waals surface area contributed by atoms with Crippen molar-refractivity contribution in [2.24, 2.45) is 0 Å². The van der Waals surface area contributed by atoms with Crippen LogP contribution in [-0.2, 0) is 0 Å². The third-order valence-corrected chi connectivity index (χ3v) is 9.95. The molecule has 0 aliphatic carbocycles. The fourth-order valence-electron chi connectivity index (χ4n) is 4.40.